The van der Waals surface area contributed by atoms with Gasteiger partial charge in [0.1, 0.15) is 11.4 Å². The monoisotopic (exact) mass is 395 g/mol. The van der Waals surface area contributed by atoms with Gasteiger partial charge < -0.3 is 19.7 Å². The number of nitrogens with zero attached hydrogens (tertiary/aromatic N) is 2. The van der Waals surface area contributed by atoms with Gasteiger partial charge in [-0.15, -0.1) is 0 Å². The number of amides is 2. The van der Waals surface area contributed by atoms with Crippen molar-refractivity contribution < 1.29 is 19.1 Å². The molecule has 1 N–H and O–H groups in total. The van der Waals surface area contributed by atoms with E-state index >= 15 is 0 Å². The van der Waals surface area contributed by atoms with Crippen LogP contribution < -0.4 is 14.8 Å². The van der Waals surface area contributed by atoms with Crippen molar-refractivity contribution in [3.63, 3.8) is 0 Å². The number of rotatable bonds is 3. The zero-order valence-electron chi connectivity index (χ0n) is 16.7. The topological polar surface area (TPSA) is 80.8 Å². The summed E-state index contributed by atoms with van der Waals surface area (Å²) in [6.45, 7) is 2.93. The van der Waals surface area contributed by atoms with E-state index in [1.165, 1.54) is 7.11 Å². The van der Waals surface area contributed by atoms with Gasteiger partial charge in [-0.3, -0.25) is 9.59 Å². The number of carbonyl (C=O) groups is 2. The lowest BCUT2D eigenvalue weighted by atomic mass is 9.80. The third kappa shape index (κ3) is 3.90. The van der Waals surface area contributed by atoms with Gasteiger partial charge in [0.15, 0.2) is 0 Å². The zero-order valence-corrected chi connectivity index (χ0v) is 16.7. The molecule has 2 amide bonds. The fraction of sp³-hybridized carbons (Fsp3) is 0.409. The number of para-hydroxylation sites is 1. The van der Waals surface area contributed by atoms with Gasteiger partial charge in [-0.2, -0.15) is 0 Å². The van der Waals surface area contributed by atoms with Crippen LogP contribution in [0.5, 0.6) is 11.6 Å². The Morgan fingerprint density at radius 3 is 2.72 bits per heavy atom. The normalized spacial score (nSPS) is 19.8. The molecule has 152 valence electrons. The molecule has 2 aromatic rings. The molecule has 0 radical (unpaired) electrons. The van der Waals surface area contributed by atoms with E-state index < -0.39 is 0 Å². The van der Waals surface area contributed by atoms with Gasteiger partial charge >= 0.3 is 0 Å². The minimum atomic E-state index is -0.381. The maximum absolute atomic E-state index is 12.9. The maximum atomic E-state index is 12.9. The Labute approximate surface area is 170 Å². The fourth-order valence-electron chi connectivity index (χ4n) is 4.19. The molecule has 1 unspecified atom stereocenters. The third-order valence-electron chi connectivity index (χ3n) is 5.83. The van der Waals surface area contributed by atoms with Gasteiger partial charge in [0.25, 0.3) is 5.91 Å². The van der Waals surface area contributed by atoms with Crippen molar-refractivity contribution in [2.75, 3.05) is 20.2 Å². The number of nitrogens with one attached hydrogen (secondary N) is 1. The van der Waals surface area contributed by atoms with Crippen LogP contribution in [0.3, 0.4) is 0 Å². The van der Waals surface area contributed by atoms with Gasteiger partial charge in [0, 0.05) is 62.7 Å². The van der Waals surface area contributed by atoms with Gasteiger partial charge in [0.05, 0.1) is 13.2 Å². The third-order valence-corrected chi connectivity index (χ3v) is 5.83. The minimum Gasteiger partial charge on any atom is -0.487 e. The Bertz CT molecular complexity index is 922. The van der Waals surface area contributed by atoms with E-state index in [-0.39, 0.29) is 23.5 Å². The van der Waals surface area contributed by atoms with Crippen LogP contribution in [0, 0.1) is 0 Å². The highest BCUT2D eigenvalue weighted by Crippen LogP contribution is 2.44. The summed E-state index contributed by atoms with van der Waals surface area (Å²) in [4.78, 5) is 30.5. The number of piperidine rings is 1. The lowest BCUT2D eigenvalue weighted by molar-refractivity contribution is -0.132. The molecule has 1 spiro atoms. The summed E-state index contributed by atoms with van der Waals surface area (Å²) in [6.07, 6.45) is 3.72. The summed E-state index contributed by atoms with van der Waals surface area (Å²) in [7, 11) is 1.52. The summed E-state index contributed by atoms with van der Waals surface area (Å²) < 4.78 is 11.6. The van der Waals surface area contributed by atoms with Crippen LogP contribution in [-0.2, 0) is 4.79 Å². The Morgan fingerprint density at radius 1 is 1.24 bits per heavy atom. The number of carbonyl (C=O) groups excluding carboxylic acids is 2. The molecular weight excluding hydrogens is 370 g/mol. The first-order valence-corrected chi connectivity index (χ1v) is 9.84. The van der Waals surface area contributed by atoms with Crippen LogP contribution in [0.1, 0.15) is 48.1 Å². The average molecular weight is 395 g/mol. The van der Waals surface area contributed by atoms with Crippen LogP contribution in [0.4, 0.5) is 0 Å². The Kier molecular flexibility index (Phi) is 5.13. The second-order valence-corrected chi connectivity index (χ2v) is 7.65. The largest absolute Gasteiger partial charge is 0.487 e. The molecule has 4 rings (SSSR count). The first-order chi connectivity index (χ1) is 14.0. The van der Waals surface area contributed by atoms with E-state index in [2.05, 4.69) is 10.3 Å². The molecule has 1 fully saturated rings. The van der Waals surface area contributed by atoms with E-state index in [0.29, 0.717) is 31.0 Å². The van der Waals surface area contributed by atoms with Gasteiger partial charge in [-0.05, 0) is 12.1 Å². The molecule has 3 heterocycles. The predicted octanol–water partition coefficient (Wildman–Crippen LogP) is 2.72. The number of fused-ring (bicyclic) bond motifs is 1. The highest BCUT2D eigenvalue weighted by molar-refractivity contribution is 5.94. The van der Waals surface area contributed by atoms with Crippen molar-refractivity contribution >= 4 is 11.8 Å². The molecule has 7 nitrogen and oxygen atoms in total. The maximum Gasteiger partial charge on any atom is 0.252 e. The second-order valence-electron chi connectivity index (χ2n) is 7.65. The second kappa shape index (κ2) is 7.73. The number of likely N-dealkylation sites (tertiary alicyclic amines) is 1. The molecule has 1 saturated heterocycles. The van der Waals surface area contributed by atoms with Crippen molar-refractivity contribution in [1.82, 2.24) is 15.2 Å². The first kappa shape index (κ1) is 19.2. The molecule has 0 saturated carbocycles. The van der Waals surface area contributed by atoms with Crippen LogP contribution >= 0.6 is 0 Å². The lowest BCUT2D eigenvalue weighted by Gasteiger charge is -2.46. The molecule has 0 aliphatic carbocycles. The quantitative estimate of drug-likeness (QED) is 0.864. The van der Waals surface area contributed by atoms with Crippen LogP contribution in [0.25, 0.3) is 0 Å². The highest BCUT2D eigenvalue weighted by Gasteiger charge is 2.44. The van der Waals surface area contributed by atoms with Gasteiger partial charge in [-0.1, -0.05) is 18.2 Å². The summed E-state index contributed by atoms with van der Waals surface area (Å²) >= 11 is 0. The molecular formula is C22H25N3O4. The number of hydrogen-bond donors (Lipinski definition) is 1. The first-order valence-electron chi connectivity index (χ1n) is 9.84. The molecule has 1 atom stereocenters. The van der Waals surface area contributed by atoms with Crippen molar-refractivity contribution in [2.24, 2.45) is 0 Å². The van der Waals surface area contributed by atoms with Crippen molar-refractivity contribution in [3.8, 4) is 11.6 Å². The number of ether oxygens (including phenoxy) is 2. The number of methoxy groups -OCH3 is 1. The molecule has 7 heteroatoms. The summed E-state index contributed by atoms with van der Waals surface area (Å²) in [6, 6.07) is 11.0. The average Bonchev–Trinajstić information content (AvgIpc) is 2.74. The highest BCUT2D eigenvalue weighted by atomic mass is 16.5. The van der Waals surface area contributed by atoms with E-state index in [0.717, 1.165) is 24.2 Å². The molecule has 1 aromatic heterocycles. The zero-order chi connectivity index (χ0) is 20.4. The molecule has 2 aliphatic heterocycles. The number of pyridine rings is 1. The van der Waals surface area contributed by atoms with E-state index in [1.807, 2.05) is 29.2 Å². The molecule has 29 heavy (non-hydrogen) atoms. The smallest absolute Gasteiger partial charge is 0.252 e. The Hall–Kier alpha value is -3.09. The number of benzene rings is 1. The number of hydrogen-bond acceptors (Lipinski definition) is 5. The van der Waals surface area contributed by atoms with E-state index in [1.54, 1.807) is 25.3 Å². The summed E-state index contributed by atoms with van der Waals surface area (Å²) in [5.41, 5.74) is 1.09. The van der Waals surface area contributed by atoms with E-state index in [9.17, 15) is 9.59 Å². The molecule has 1 aromatic carbocycles. The lowest BCUT2D eigenvalue weighted by Crippen LogP contribution is -2.53. The van der Waals surface area contributed by atoms with E-state index in [4.69, 9.17) is 9.47 Å². The predicted molar refractivity (Wildman–Crippen MR) is 107 cm³/mol. The molecule has 2 aliphatic rings. The Balaban J connectivity index is 1.57. The SMILES string of the molecule is COc1cc(C(=O)NC2CC3(CCN(C(C)=O)CC3)Oc3ccccc32)ccn1. The summed E-state index contributed by atoms with van der Waals surface area (Å²) in [5.74, 6) is 1.11. The fourth-order valence-corrected chi connectivity index (χ4v) is 4.19. The van der Waals surface area contributed by atoms with Crippen molar-refractivity contribution in [3.05, 3.63) is 53.7 Å². The van der Waals surface area contributed by atoms with Crippen LogP contribution in [0.2, 0.25) is 0 Å². The van der Waals surface area contributed by atoms with Gasteiger partial charge in [0.2, 0.25) is 11.8 Å². The standard InChI is InChI=1S/C22H25N3O4/c1-15(26)25-11-8-22(9-12-25)14-18(17-5-3-4-6-19(17)29-22)24-21(27)16-7-10-23-20(13-16)28-2/h3-7,10,13,18H,8-9,11-12,14H2,1-2H3,(H,24,27). The Morgan fingerprint density at radius 2 is 2.00 bits per heavy atom. The van der Waals surface area contributed by atoms with Crippen LogP contribution in [0.15, 0.2) is 42.6 Å². The van der Waals surface area contributed by atoms with Crippen LogP contribution in [-0.4, -0.2) is 47.5 Å². The summed E-state index contributed by atoms with van der Waals surface area (Å²) in [5, 5.41) is 3.17. The van der Waals surface area contributed by atoms with Gasteiger partial charge in [-0.25, -0.2) is 4.98 Å². The number of aromatic nitrogens is 1. The van der Waals surface area contributed by atoms with Crippen molar-refractivity contribution in [2.45, 2.75) is 37.8 Å². The van der Waals surface area contributed by atoms with Crippen molar-refractivity contribution in [1.29, 1.82) is 0 Å². The molecule has 0 bridgehead atoms. The minimum absolute atomic E-state index is 0.0903.